The second kappa shape index (κ2) is 8.26. The van der Waals surface area contributed by atoms with E-state index in [9.17, 15) is 23.3 Å². The zero-order chi connectivity index (χ0) is 24.7. The molecule has 0 aliphatic rings. The van der Waals surface area contributed by atoms with Crippen LogP contribution in [-0.4, -0.2) is 36.7 Å². The first kappa shape index (κ1) is 23.2. The van der Waals surface area contributed by atoms with E-state index < -0.39 is 12.1 Å². The highest BCUT2D eigenvalue weighted by Crippen LogP contribution is 2.38. The van der Waals surface area contributed by atoms with Crippen LogP contribution >= 0.6 is 0 Å². The van der Waals surface area contributed by atoms with Gasteiger partial charge in [0.2, 0.25) is 5.95 Å². The molecule has 0 atom stereocenters. The third kappa shape index (κ3) is 4.46. The Kier molecular flexibility index (Phi) is 5.82. The summed E-state index contributed by atoms with van der Waals surface area (Å²) in [6, 6.07) is 8.97. The maximum absolute atomic E-state index is 11.3. The molecule has 13 heteroatoms. The van der Waals surface area contributed by atoms with E-state index in [0.717, 1.165) is 27.4 Å². The zero-order valence-corrected chi connectivity index (χ0v) is 17.2. The highest BCUT2D eigenvalue weighted by atomic mass is 19.4. The summed E-state index contributed by atoms with van der Waals surface area (Å²) in [5.41, 5.74) is 15.6. The summed E-state index contributed by atoms with van der Waals surface area (Å²) in [6.45, 7) is 1.72. The molecule has 0 saturated carbocycles. The van der Waals surface area contributed by atoms with Gasteiger partial charge in [0.1, 0.15) is 5.82 Å². The molecule has 2 aromatic heterocycles. The van der Waals surface area contributed by atoms with E-state index in [4.69, 9.17) is 21.4 Å². The molecular formula is C20H17F3N6O4. The fourth-order valence-corrected chi connectivity index (χ4v) is 3.36. The number of aliphatic carboxylic acids is 1. The average molecular weight is 462 g/mol. The van der Waals surface area contributed by atoms with E-state index in [1.54, 1.807) is 19.1 Å². The normalized spacial score (nSPS) is 11.3. The molecule has 0 bridgehead atoms. The van der Waals surface area contributed by atoms with Gasteiger partial charge < -0.3 is 21.1 Å². The topological polar surface area (TPSA) is 163 Å². The number of nitro groups is 1. The van der Waals surface area contributed by atoms with Gasteiger partial charge in [0, 0.05) is 35.8 Å². The molecule has 172 valence electrons. The predicted octanol–water partition coefficient (Wildman–Crippen LogP) is 3.80. The number of hydrogen-bond acceptors (Lipinski definition) is 7. The molecule has 0 radical (unpaired) electrons. The minimum absolute atomic E-state index is 0.0756. The van der Waals surface area contributed by atoms with Crippen molar-refractivity contribution >= 4 is 45.2 Å². The Labute approximate surface area is 183 Å². The first-order valence-corrected chi connectivity index (χ1v) is 9.17. The number of rotatable bonds is 2. The molecule has 33 heavy (non-hydrogen) atoms. The Morgan fingerprint density at radius 3 is 2.39 bits per heavy atom. The monoisotopic (exact) mass is 462 g/mol. The number of anilines is 2. The van der Waals surface area contributed by atoms with E-state index in [0.29, 0.717) is 16.9 Å². The molecule has 0 saturated heterocycles. The van der Waals surface area contributed by atoms with Crippen LogP contribution in [0.15, 0.2) is 36.5 Å². The van der Waals surface area contributed by atoms with E-state index >= 15 is 0 Å². The third-order valence-corrected chi connectivity index (χ3v) is 4.82. The smallest absolute Gasteiger partial charge is 0.475 e. The Balaban J connectivity index is 0.000000383. The van der Waals surface area contributed by atoms with Crippen LogP contribution in [0.25, 0.3) is 32.9 Å². The maximum atomic E-state index is 11.3. The van der Waals surface area contributed by atoms with Crippen molar-refractivity contribution in [2.75, 3.05) is 11.5 Å². The molecule has 0 unspecified atom stereocenters. The number of carbonyl (C=O) groups is 1. The number of nitrogens with zero attached hydrogens (tertiary/aromatic N) is 4. The number of carboxylic acids is 1. The molecule has 0 aliphatic heterocycles. The van der Waals surface area contributed by atoms with Gasteiger partial charge in [0.25, 0.3) is 5.69 Å². The van der Waals surface area contributed by atoms with Crippen molar-refractivity contribution in [1.82, 2.24) is 14.5 Å². The van der Waals surface area contributed by atoms with Gasteiger partial charge in [-0.15, -0.1) is 0 Å². The van der Waals surface area contributed by atoms with E-state index in [1.807, 2.05) is 36.0 Å². The number of nitrogen functional groups attached to an aromatic ring is 2. The van der Waals surface area contributed by atoms with Crippen LogP contribution in [0.1, 0.15) is 5.56 Å². The van der Waals surface area contributed by atoms with E-state index in [-0.39, 0.29) is 16.6 Å². The lowest BCUT2D eigenvalue weighted by Gasteiger charge is -2.11. The van der Waals surface area contributed by atoms with Gasteiger partial charge in [-0.25, -0.2) is 9.78 Å². The number of halogens is 3. The van der Waals surface area contributed by atoms with Gasteiger partial charge in [0.15, 0.2) is 0 Å². The Hall–Kier alpha value is -4.42. The number of aromatic nitrogens is 3. The summed E-state index contributed by atoms with van der Waals surface area (Å²) < 4.78 is 33.7. The molecule has 0 spiro atoms. The molecule has 4 aromatic rings. The summed E-state index contributed by atoms with van der Waals surface area (Å²) in [5.74, 6) is -2.36. The quantitative estimate of drug-likeness (QED) is 0.299. The Morgan fingerprint density at radius 1 is 1.18 bits per heavy atom. The summed E-state index contributed by atoms with van der Waals surface area (Å²) in [6.07, 6.45) is -3.17. The molecular weight excluding hydrogens is 445 g/mol. The lowest BCUT2D eigenvalue weighted by Crippen LogP contribution is -2.21. The molecule has 2 aromatic carbocycles. The van der Waals surface area contributed by atoms with Crippen molar-refractivity contribution in [2.45, 2.75) is 13.1 Å². The largest absolute Gasteiger partial charge is 0.490 e. The van der Waals surface area contributed by atoms with Crippen LogP contribution in [-0.2, 0) is 11.8 Å². The van der Waals surface area contributed by atoms with Gasteiger partial charge >= 0.3 is 12.1 Å². The molecule has 4 rings (SSSR count). The lowest BCUT2D eigenvalue weighted by molar-refractivity contribution is -0.385. The molecule has 0 aliphatic carbocycles. The van der Waals surface area contributed by atoms with Gasteiger partial charge in [-0.2, -0.15) is 18.2 Å². The van der Waals surface area contributed by atoms with E-state index in [1.165, 1.54) is 0 Å². The van der Waals surface area contributed by atoms with Crippen LogP contribution in [0.5, 0.6) is 0 Å². The molecule has 10 nitrogen and oxygen atoms in total. The number of benzene rings is 2. The summed E-state index contributed by atoms with van der Waals surface area (Å²) in [5, 5.41) is 20.1. The highest BCUT2D eigenvalue weighted by molar-refractivity contribution is 6.15. The molecule has 2 heterocycles. The molecule has 5 N–H and O–H groups in total. The standard InChI is InChI=1S/C18H16N6O2.C2HF3O2/c1-9-3-4-10(7-14(9)24(25)26)12-8-13-15(17(19)22-18(20)21-13)11-5-6-23(2)16(11)12;3-2(4,5)1(6)7/h3-8H,1-2H3,(H4,19,20,21,22);(H,6,7). The number of aryl methyl sites for hydroxylation is 2. The van der Waals surface area contributed by atoms with Gasteiger partial charge in [-0.3, -0.25) is 10.1 Å². The van der Waals surface area contributed by atoms with Crippen molar-refractivity contribution in [3.63, 3.8) is 0 Å². The first-order valence-electron chi connectivity index (χ1n) is 9.17. The minimum Gasteiger partial charge on any atom is -0.475 e. The van der Waals surface area contributed by atoms with Crippen molar-refractivity contribution < 1.29 is 28.0 Å². The van der Waals surface area contributed by atoms with Crippen LogP contribution in [0.2, 0.25) is 0 Å². The second-order valence-corrected chi connectivity index (χ2v) is 7.04. The predicted molar refractivity (Wildman–Crippen MR) is 115 cm³/mol. The lowest BCUT2D eigenvalue weighted by atomic mass is 9.98. The van der Waals surface area contributed by atoms with Crippen molar-refractivity contribution in [3.05, 3.63) is 52.2 Å². The van der Waals surface area contributed by atoms with Crippen molar-refractivity contribution in [2.24, 2.45) is 7.05 Å². The summed E-state index contributed by atoms with van der Waals surface area (Å²) in [4.78, 5) is 28.2. The fourth-order valence-electron chi connectivity index (χ4n) is 3.36. The number of fused-ring (bicyclic) bond motifs is 3. The van der Waals surface area contributed by atoms with Gasteiger partial charge in [-0.1, -0.05) is 12.1 Å². The number of nitrogens with two attached hydrogens (primary N) is 2. The van der Waals surface area contributed by atoms with Gasteiger partial charge in [-0.05, 0) is 24.6 Å². The molecule has 0 amide bonds. The van der Waals surface area contributed by atoms with Crippen molar-refractivity contribution in [1.29, 1.82) is 0 Å². The van der Waals surface area contributed by atoms with Crippen LogP contribution in [0.4, 0.5) is 30.6 Å². The number of alkyl halides is 3. The second-order valence-electron chi connectivity index (χ2n) is 7.04. The molecule has 0 fully saturated rings. The maximum Gasteiger partial charge on any atom is 0.490 e. The number of carboxylic acid groups (broad SMARTS) is 1. The Morgan fingerprint density at radius 2 is 1.82 bits per heavy atom. The fraction of sp³-hybridized carbons (Fsp3) is 0.150. The van der Waals surface area contributed by atoms with Crippen LogP contribution in [0.3, 0.4) is 0 Å². The summed E-state index contributed by atoms with van der Waals surface area (Å²) >= 11 is 0. The number of nitro benzene ring substituents is 1. The van der Waals surface area contributed by atoms with Crippen molar-refractivity contribution in [3.8, 4) is 11.1 Å². The van der Waals surface area contributed by atoms with Crippen LogP contribution < -0.4 is 11.5 Å². The Bertz CT molecular complexity index is 1410. The minimum atomic E-state index is -5.08. The highest BCUT2D eigenvalue weighted by Gasteiger charge is 2.38. The van der Waals surface area contributed by atoms with Gasteiger partial charge in [0.05, 0.1) is 21.3 Å². The summed E-state index contributed by atoms with van der Waals surface area (Å²) in [7, 11) is 1.91. The third-order valence-electron chi connectivity index (χ3n) is 4.82. The van der Waals surface area contributed by atoms with Crippen LogP contribution in [0, 0.1) is 17.0 Å². The zero-order valence-electron chi connectivity index (χ0n) is 17.2. The van der Waals surface area contributed by atoms with E-state index in [2.05, 4.69) is 9.97 Å². The first-order chi connectivity index (χ1) is 15.3. The SMILES string of the molecule is Cc1ccc(-c2cc3nc(N)nc(N)c3c3ccn(C)c23)cc1[N+](=O)[O-].O=C(O)C(F)(F)F. The average Bonchev–Trinajstić information content (AvgIpc) is 3.08. The number of hydrogen-bond donors (Lipinski definition) is 3.